The van der Waals surface area contributed by atoms with Crippen molar-refractivity contribution in [2.45, 2.75) is 19.3 Å². The van der Waals surface area contributed by atoms with Crippen LogP contribution in [0, 0.1) is 5.82 Å². The maximum atomic E-state index is 13.0. The van der Waals surface area contributed by atoms with Crippen LogP contribution in [0.3, 0.4) is 0 Å². The lowest BCUT2D eigenvalue weighted by molar-refractivity contribution is -0.127. The van der Waals surface area contributed by atoms with Gasteiger partial charge in [-0.3, -0.25) is 9.59 Å². The lowest BCUT2D eigenvalue weighted by Gasteiger charge is -2.16. The van der Waals surface area contributed by atoms with E-state index in [1.54, 1.807) is 24.3 Å². The molecule has 0 unspecified atom stereocenters. The quantitative estimate of drug-likeness (QED) is 0.595. The average molecular weight is 451 g/mol. The Kier molecular flexibility index (Phi) is 7.34. The smallest absolute Gasteiger partial charge is 0.289 e. The van der Waals surface area contributed by atoms with Crippen LogP contribution in [0.4, 0.5) is 4.39 Å². The van der Waals surface area contributed by atoms with Crippen molar-refractivity contribution in [3.63, 3.8) is 0 Å². The first-order chi connectivity index (χ1) is 14.3. The van der Waals surface area contributed by atoms with Gasteiger partial charge in [0.25, 0.3) is 11.8 Å². The molecule has 2 aromatic rings. The predicted molar refractivity (Wildman–Crippen MR) is 114 cm³/mol. The fourth-order valence-electron chi connectivity index (χ4n) is 3.19. The second-order valence-corrected chi connectivity index (χ2v) is 7.85. The van der Waals surface area contributed by atoms with Crippen molar-refractivity contribution in [3.8, 4) is 0 Å². The zero-order valence-corrected chi connectivity index (χ0v) is 17.6. The number of rotatable bonds is 8. The molecule has 5 nitrogen and oxygen atoms in total. The molecule has 2 aromatic carbocycles. The van der Waals surface area contributed by atoms with Gasteiger partial charge in [0.05, 0.1) is 22.2 Å². The van der Waals surface area contributed by atoms with Crippen molar-refractivity contribution in [2.75, 3.05) is 19.6 Å². The van der Waals surface area contributed by atoms with Crippen LogP contribution in [-0.4, -0.2) is 41.5 Å². The summed E-state index contributed by atoms with van der Waals surface area (Å²) in [4.78, 5) is 26.0. The van der Waals surface area contributed by atoms with Gasteiger partial charge in [-0.15, -0.1) is 0 Å². The summed E-state index contributed by atoms with van der Waals surface area (Å²) < 4.78 is 13.0. The molecule has 8 heteroatoms. The number of carbonyl (C=O) groups excluding carboxylic acids is 2. The van der Waals surface area contributed by atoms with E-state index in [0.717, 1.165) is 11.1 Å². The highest BCUT2D eigenvalue weighted by atomic mass is 35.5. The van der Waals surface area contributed by atoms with Crippen LogP contribution in [0.5, 0.6) is 0 Å². The summed E-state index contributed by atoms with van der Waals surface area (Å²) in [6.07, 6.45) is 1.86. The van der Waals surface area contributed by atoms with Crippen LogP contribution in [0.15, 0.2) is 53.8 Å². The van der Waals surface area contributed by atoms with Crippen molar-refractivity contribution < 1.29 is 19.1 Å². The monoisotopic (exact) mass is 450 g/mol. The maximum Gasteiger partial charge on any atom is 0.289 e. The summed E-state index contributed by atoms with van der Waals surface area (Å²) in [5, 5.41) is 13.8. The summed E-state index contributed by atoms with van der Waals surface area (Å²) in [6.45, 7) is 0.757. The zero-order valence-electron chi connectivity index (χ0n) is 16.1. The minimum atomic E-state index is -0.571. The number of aliphatic hydroxyl groups is 1. The van der Waals surface area contributed by atoms with Gasteiger partial charge >= 0.3 is 0 Å². The molecule has 3 rings (SSSR count). The van der Waals surface area contributed by atoms with Crippen LogP contribution >= 0.6 is 23.2 Å². The van der Waals surface area contributed by atoms with Gasteiger partial charge in [-0.1, -0.05) is 41.4 Å². The van der Waals surface area contributed by atoms with Crippen LogP contribution in [0.25, 0.3) is 0 Å². The standard InChI is InChI=1S/C22H21Cl2FN2O3/c23-18-8-5-15(12-19(18)24)2-1-10-26-21(29)17-13-27(22(30)20(17)28)11-9-14-3-6-16(25)7-4-14/h3-8,12,28H,1-2,9-11,13H2,(H,26,29). The number of halogens is 3. The molecule has 0 spiro atoms. The third-order valence-electron chi connectivity index (χ3n) is 4.89. The minimum Gasteiger partial charge on any atom is -0.503 e. The number of carbonyl (C=O) groups is 2. The molecule has 0 fully saturated rings. The van der Waals surface area contributed by atoms with Crippen molar-refractivity contribution in [1.82, 2.24) is 10.2 Å². The first-order valence-corrected chi connectivity index (χ1v) is 10.3. The zero-order chi connectivity index (χ0) is 21.7. The van der Waals surface area contributed by atoms with Crippen LogP contribution in [0.2, 0.25) is 10.0 Å². The molecule has 1 aliphatic rings. The van der Waals surface area contributed by atoms with Gasteiger partial charge < -0.3 is 15.3 Å². The van der Waals surface area contributed by atoms with Gasteiger partial charge in [0.15, 0.2) is 5.76 Å². The molecule has 0 atom stereocenters. The Morgan fingerprint density at radius 1 is 1.07 bits per heavy atom. The fourth-order valence-corrected chi connectivity index (χ4v) is 3.51. The van der Waals surface area contributed by atoms with E-state index < -0.39 is 17.6 Å². The predicted octanol–water partition coefficient (Wildman–Crippen LogP) is 4.08. The molecule has 0 aliphatic carbocycles. The Bertz CT molecular complexity index is 977. The number of aryl methyl sites for hydroxylation is 1. The minimum absolute atomic E-state index is 0.0461. The molecular formula is C22H21Cl2FN2O3. The van der Waals surface area contributed by atoms with E-state index in [1.807, 2.05) is 6.07 Å². The molecule has 2 amide bonds. The molecule has 1 heterocycles. The average Bonchev–Trinajstić information content (AvgIpc) is 3.02. The Hall–Kier alpha value is -2.57. The van der Waals surface area contributed by atoms with Crippen LogP contribution in [-0.2, 0) is 22.4 Å². The van der Waals surface area contributed by atoms with Gasteiger partial charge in [-0.25, -0.2) is 4.39 Å². The Labute approximate surface area is 184 Å². The number of aliphatic hydroxyl groups excluding tert-OH is 1. The summed E-state index contributed by atoms with van der Waals surface area (Å²) in [5.41, 5.74) is 1.93. The second-order valence-electron chi connectivity index (χ2n) is 7.04. The van der Waals surface area contributed by atoms with Gasteiger partial charge in [0, 0.05) is 13.1 Å². The molecule has 30 heavy (non-hydrogen) atoms. The van der Waals surface area contributed by atoms with Crippen molar-refractivity contribution in [1.29, 1.82) is 0 Å². The summed E-state index contributed by atoms with van der Waals surface area (Å²) >= 11 is 11.9. The SMILES string of the molecule is O=C(NCCCc1ccc(Cl)c(Cl)c1)C1=C(O)C(=O)N(CCc2ccc(F)cc2)C1. The third-order valence-corrected chi connectivity index (χ3v) is 5.63. The number of nitrogens with one attached hydrogen (secondary N) is 1. The number of hydrogen-bond acceptors (Lipinski definition) is 3. The molecule has 0 radical (unpaired) electrons. The Morgan fingerprint density at radius 2 is 1.77 bits per heavy atom. The highest BCUT2D eigenvalue weighted by Crippen LogP contribution is 2.23. The Morgan fingerprint density at radius 3 is 2.47 bits per heavy atom. The third kappa shape index (κ3) is 5.52. The van der Waals surface area contributed by atoms with Crippen LogP contribution < -0.4 is 5.32 Å². The van der Waals surface area contributed by atoms with E-state index in [2.05, 4.69) is 5.32 Å². The molecule has 0 aromatic heterocycles. The van der Waals surface area contributed by atoms with E-state index in [1.165, 1.54) is 17.0 Å². The number of amides is 2. The first-order valence-electron chi connectivity index (χ1n) is 9.53. The summed E-state index contributed by atoms with van der Waals surface area (Å²) in [6, 6.07) is 11.4. The molecule has 0 saturated carbocycles. The number of nitrogens with zero attached hydrogens (tertiary/aromatic N) is 1. The fraction of sp³-hybridized carbons (Fsp3) is 0.273. The molecule has 1 aliphatic heterocycles. The topological polar surface area (TPSA) is 69.6 Å². The van der Waals surface area contributed by atoms with E-state index in [4.69, 9.17) is 23.2 Å². The Balaban J connectivity index is 1.46. The van der Waals surface area contributed by atoms with E-state index in [9.17, 15) is 19.1 Å². The maximum absolute atomic E-state index is 13.0. The van der Waals surface area contributed by atoms with Gasteiger partial charge in [0.1, 0.15) is 5.82 Å². The van der Waals surface area contributed by atoms with Gasteiger partial charge in [-0.2, -0.15) is 0 Å². The van der Waals surface area contributed by atoms with E-state index in [0.29, 0.717) is 42.4 Å². The van der Waals surface area contributed by atoms with Crippen molar-refractivity contribution in [3.05, 3.63) is 80.8 Å². The van der Waals surface area contributed by atoms with Crippen LogP contribution in [0.1, 0.15) is 17.5 Å². The lowest BCUT2D eigenvalue weighted by Crippen LogP contribution is -2.32. The summed E-state index contributed by atoms with van der Waals surface area (Å²) in [7, 11) is 0. The largest absolute Gasteiger partial charge is 0.503 e. The summed E-state index contributed by atoms with van der Waals surface area (Å²) in [5.74, 6) is -1.87. The van der Waals surface area contributed by atoms with Gasteiger partial charge in [-0.05, 0) is 54.7 Å². The number of benzene rings is 2. The van der Waals surface area contributed by atoms with E-state index in [-0.39, 0.29) is 17.9 Å². The molecule has 158 valence electrons. The first kappa shape index (κ1) is 22.1. The highest BCUT2D eigenvalue weighted by molar-refractivity contribution is 6.42. The molecule has 0 saturated heterocycles. The lowest BCUT2D eigenvalue weighted by atomic mass is 10.1. The number of hydrogen-bond donors (Lipinski definition) is 2. The van der Waals surface area contributed by atoms with E-state index >= 15 is 0 Å². The highest BCUT2D eigenvalue weighted by Gasteiger charge is 2.33. The van der Waals surface area contributed by atoms with Crippen molar-refractivity contribution >= 4 is 35.0 Å². The molecule has 0 bridgehead atoms. The van der Waals surface area contributed by atoms with Crippen molar-refractivity contribution in [2.24, 2.45) is 0 Å². The normalized spacial score (nSPS) is 13.8. The van der Waals surface area contributed by atoms with Gasteiger partial charge in [0.2, 0.25) is 0 Å². The molecule has 2 N–H and O–H groups in total. The molecular weight excluding hydrogens is 430 g/mol. The second kappa shape index (κ2) is 9.96.